The van der Waals surface area contributed by atoms with Gasteiger partial charge in [0.15, 0.2) is 5.78 Å². The Morgan fingerprint density at radius 2 is 1.38 bits per heavy atom. The molecule has 6 aromatic rings. The summed E-state index contributed by atoms with van der Waals surface area (Å²) in [6.07, 6.45) is 6.82. The Kier molecular flexibility index (Phi) is 12.1. The number of methoxy groups -OCH3 is 1. The van der Waals surface area contributed by atoms with Crippen LogP contribution < -0.4 is 31.6 Å². The fraction of sp³-hybridized carbons (Fsp3) is 0.381. The van der Waals surface area contributed by atoms with E-state index in [1.54, 1.807) is 44.3 Å². The number of allylic oxidation sites excluding steroid dienone is 2. The average molecular weight is 819 g/mol. The summed E-state index contributed by atoms with van der Waals surface area (Å²) in [6.45, 7) is 10.1. The van der Waals surface area contributed by atoms with Crippen LogP contribution in [0.2, 0.25) is 0 Å². The van der Waals surface area contributed by atoms with Gasteiger partial charge in [0.05, 0.1) is 42.6 Å². The van der Waals surface area contributed by atoms with E-state index >= 15 is 0 Å². The summed E-state index contributed by atoms with van der Waals surface area (Å²) in [5.74, 6) is -0.472. The first-order chi connectivity index (χ1) is 28.9. The van der Waals surface area contributed by atoms with E-state index in [0.717, 1.165) is 18.7 Å². The van der Waals surface area contributed by atoms with Crippen molar-refractivity contribution in [1.29, 1.82) is 0 Å². The van der Waals surface area contributed by atoms with Crippen LogP contribution in [-0.4, -0.2) is 88.5 Å². The van der Waals surface area contributed by atoms with E-state index in [2.05, 4.69) is 20.8 Å². The first kappa shape index (κ1) is 41.3. The van der Waals surface area contributed by atoms with Crippen molar-refractivity contribution in [1.82, 2.24) is 44.0 Å². The van der Waals surface area contributed by atoms with Crippen LogP contribution in [0.4, 0.5) is 5.95 Å². The minimum atomic E-state index is -0.657. The number of primary amides is 2. The first-order valence-electron chi connectivity index (χ1n) is 20.0. The number of anilines is 1. The highest BCUT2D eigenvalue weighted by Gasteiger charge is 2.24. The first-order valence-corrected chi connectivity index (χ1v) is 20.0. The maximum absolute atomic E-state index is 13.9. The standard InChI is InChI=1S/C42H50N12O6/c1-6-53-31(17-24(3)49-53)33(55)23-36-46-29-19-27(40(44)57)22-35(60-16-10-13-45-28-11-12-28)38(29)51(36)14-8-9-15-52-37-30(20-26(39(43)56)21-34(37)59-5)47-42(52)48-41(58)32-18-25(4)50-54(32)7-2/h8-9,17-22,28,45H,6-7,10-16,23H2,1-5H3,(H2,43,56)(H2,44,57)(H,47,48,58)/b9-8+. The zero-order valence-electron chi connectivity index (χ0n) is 34.4. The van der Waals surface area contributed by atoms with Gasteiger partial charge in [-0.05, 0) is 89.9 Å². The molecule has 18 nitrogen and oxygen atoms in total. The minimum absolute atomic E-state index is 0.0557. The van der Waals surface area contributed by atoms with Crippen molar-refractivity contribution in [3.8, 4) is 11.5 Å². The highest BCUT2D eigenvalue weighted by Crippen LogP contribution is 2.32. The number of ketones is 1. The monoisotopic (exact) mass is 818 g/mol. The van der Waals surface area contributed by atoms with Crippen LogP contribution in [0.1, 0.15) is 92.0 Å². The number of nitrogens with one attached hydrogen (secondary N) is 2. The van der Waals surface area contributed by atoms with Crippen LogP contribution in [-0.2, 0) is 32.6 Å². The van der Waals surface area contributed by atoms with Crippen molar-refractivity contribution in [3.63, 3.8) is 0 Å². The summed E-state index contributed by atoms with van der Waals surface area (Å²) >= 11 is 0. The molecule has 0 spiro atoms. The molecular formula is C42H50N12O6. The molecule has 1 aliphatic carbocycles. The Bertz CT molecular complexity index is 2640. The third-order valence-electron chi connectivity index (χ3n) is 10.3. The molecule has 0 aliphatic heterocycles. The predicted molar refractivity (Wildman–Crippen MR) is 225 cm³/mol. The molecule has 3 amide bonds. The molecule has 6 N–H and O–H groups in total. The van der Waals surface area contributed by atoms with Crippen molar-refractivity contribution in [2.24, 2.45) is 11.5 Å². The number of aromatic nitrogens is 8. The molecule has 18 heteroatoms. The molecule has 1 saturated carbocycles. The zero-order valence-corrected chi connectivity index (χ0v) is 34.4. The Labute approximate surface area is 345 Å². The SMILES string of the molecule is CCn1nc(C)cc1C(=O)Cc1nc2cc(C(N)=O)cc(OCCCNC3CC3)c2n1C/C=C/Cn1c(NC(=O)c2cc(C)nn2CC)nc2cc(C(N)=O)cc(OC)c21. The smallest absolute Gasteiger partial charge is 0.276 e. The largest absolute Gasteiger partial charge is 0.494 e. The number of Topliss-reactive ketones (excluding diaryl/α,β-unsaturated/α-hetero) is 1. The number of aryl methyl sites for hydroxylation is 4. The molecule has 7 rings (SSSR count). The summed E-state index contributed by atoms with van der Waals surface area (Å²) in [5, 5.41) is 15.3. The molecule has 4 aromatic heterocycles. The topological polar surface area (TPSA) is 234 Å². The fourth-order valence-corrected chi connectivity index (χ4v) is 7.25. The Hall–Kier alpha value is -6.82. The number of nitrogens with two attached hydrogens (primary N) is 2. The molecule has 0 bridgehead atoms. The average Bonchev–Trinajstić information content (AvgIpc) is 3.50. The minimum Gasteiger partial charge on any atom is -0.494 e. The van der Waals surface area contributed by atoms with Crippen molar-refractivity contribution in [3.05, 3.63) is 88.3 Å². The van der Waals surface area contributed by atoms with Crippen LogP contribution in [0.15, 0.2) is 48.6 Å². The van der Waals surface area contributed by atoms with E-state index < -0.39 is 17.7 Å². The van der Waals surface area contributed by atoms with Crippen molar-refractivity contribution in [2.75, 3.05) is 25.6 Å². The van der Waals surface area contributed by atoms with Gasteiger partial charge in [-0.15, -0.1) is 0 Å². The van der Waals surface area contributed by atoms with E-state index in [1.807, 2.05) is 44.4 Å². The van der Waals surface area contributed by atoms with Gasteiger partial charge in [0.25, 0.3) is 5.91 Å². The molecule has 2 aromatic carbocycles. The van der Waals surface area contributed by atoms with E-state index in [4.69, 9.17) is 30.9 Å². The van der Waals surface area contributed by atoms with Crippen LogP contribution in [0.5, 0.6) is 11.5 Å². The van der Waals surface area contributed by atoms with Gasteiger partial charge < -0.3 is 35.4 Å². The lowest BCUT2D eigenvalue weighted by Crippen LogP contribution is -2.20. The number of hydrogen-bond donors (Lipinski definition) is 4. The number of rotatable bonds is 20. The van der Waals surface area contributed by atoms with Gasteiger partial charge in [0.1, 0.15) is 39.7 Å². The molecule has 314 valence electrons. The second-order valence-corrected chi connectivity index (χ2v) is 14.7. The lowest BCUT2D eigenvalue weighted by molar-refractivity contribution is 0.0975. The number of amides is 3. The Balaban J connectivity index is 1.25. The lowest BCUT2D eigenvalue weighted by atomic mass is 10.1. The molecule has 0 radical (unpaired) electrons. The van der Waals surface area contributed by atoms with Crippen LogP contribution >= 0.6 is 0 Å². The third-order valence-corrected chi connectivity index (χ3v) is 10.3. The molecule has 0 unspecified atom stereocenters. The Morgan fingerprint density at radius 1 is 0.800 bits per heavy atom. The number of fused-ring (bicyclic) bond motifs is 2. The van der Waals surface area contributed by atoms with Crippen molar-refractivity contribution >= 4 is 51.5 Å². The van der Waals surface area contributed by atoms with Gasteiger partial charge >= 0.3 is 0 Å². The van der Waals surface area contributed by atoms with E-state index in [-0.39, 0.29) is 42.4 Å². The van der Waals surface area contributed by atoms with E-state index in [1.165, 1.54) is 26.0 Å². The number of carbonyl (C=O) groups excluding carboxylic acids is 4. The second kappa shape index (κ2) is 17.6. The van der Waals surface area contributed by atoms with Gasteiger partial charge in [-0.1, -0.05) is 12.2 Å². The highest BCUT2D eigenvalue weighted by molar-refractivity contribution is 6.04. The summed E-state index contributed by atoms with van der Waals surface area (Å²) in [5.41, 5.74) is 16.0. The molecular weight excluding hydrogens is 769 g/mol. The van der Waals surface area contributed by atoms with E-state index in [0.29, 0.717) is 82.2 Å². The number of carbonyl (C=O) groups is 4. The lowest BCUT2D eigenvalue weighted by Gasteiger charge is -2.13. The maximum Gasteiger partial charge on any atom is 0.276 e. The van der Waals surface area contributed by atoms with Gasteiger partial charge in [-0.25, -0.2) is 9.97 Å². The molecule has 60 heavy (non-hydrogen) atoms. The quantitative estimate of drug-likeness (QED) is 0.0487. The van der Waals surface area contributed by atoms with Gasteiger partial charge in [-0.3, -0.25) is 33.9 Å². The normalized spacial score (nSPS) is 12.8. The number of hydrogen-bond acceptors (Lipinski definition) is 11. The predicted octanol–water partition coefficient (Wildman–Crippen LogP) is 4.10. The summed E-state index contributed by atoms with van der Waals surface area (Å²) in [7, 11) is 1.47. The molecule has 0 atom stereocenters. The summed E-state index contributed by atoms with van der Waals surface area (Å²) in [4.78, 5) is 61.8. The van der Waals surface area contributed by atoms with Gasteiger partial charge in [-0.2, -0.15) is 10.2 Å². The van der Waals surface area contributed by atoms with E-state index in [9.17, 15) is 19.2 Å². The third kappa shape index (κ3) is 8.78. The number of benzene rings is 2. The molecule has 1 fully saturated rings. The number of nitrogens with zero attached hydrogens (tertiary/aromatic N) is 8. The second-order valence-electron chi connectivity index (χ2n) is 14.7. The summed E-state index contributed by atoms with van der Waals surface area (Å²) < 4.78 is 19.0. The number of imidazole rings is 2. The fourth-order valence-electron chi connectivity index (χ4n) is 7.25. The van der Waals surface area contributed by atoms with Crippen molar-refractivity contribution < 1.29 is 28.7 Å². The molecule has 4 heterocycles. The Morgan fingerprint density at radius 3 is 2.00 bits per heavy atom. The van der Waals surface area contributed by atoms with Crippen LogP contribution in [0.3, 0.4) is 0 Å². The van der Waals surface area contributed by atoms with Crippen molar-refractivity contribution in [2.45, 2.75) is 85.6 Å². The van der Waals surface area contributed by atoms with Gasteiger partial charge in [0, 0.05) is 43.3 Å². The number of ether oxygens (including phenoxy) is 2. The molecule has 1 aliphatic rings. The van der Waals surface area contributed by atoms with Gasteiger partial charge in [0.2, 0.25) is 17.8 Å². The maximum atomic E-state index is 13.9. The van der Waals surface area contributed by atoms with Crippen LogP contribution in [0, 0.1) is 13.8 Å². The molecule has 0 saturated heterocycles. The highest BCUT2D eigenvalue weighted by atomic mass is 16.5. The summed E-state index contributed by atoms with van der Waals surface area (Å²) in [6, 6.07) is 10.3. The van der Waals surface area contributed by atoms with Crippen LogP contribution in [0.25, 0.3) is 22.1 Å². The zero-order chi connectivity index (χ0) is 42.7.